The Balaban J connectivity index is 1.98. The molecule has 1 aromatic carbocycles. The lowest BCUT2D eigenvalue weighted by Gasteiger charge is -2.08. The van der Waals surface area contributed by atoms with Crippen LogP contribution in [0.2, 0.25) is 0 Å². The molecule has 2 N–H and O–H groups in total. The first kappa shape index (κ1) is 12.1. The van der Waals surface area contributed by atoms with E-state index in [0.29, 0.717) is 11.3 Å². The molecule has 3 aromatic rings. The van der Waals surface area contributed by atoms with Crippen LogP contribution < -0.4 is 5.32 Å². The fourth-order valence-electron chi connectivity index (χ4n) is 1.85. The van der Waals surface area contributed by atoms with Gasteiger partial charge in [0.1, 0.15) is 11.4 Å². The molecular weight excluding hydrogens is 260 g/mol. The fraction of sp³-hybridized carbons (Fsp3) is 0.0769. The Morgan fingerprint density at radius 2 is 2.20 bits per heavy atom. The van der Waals surface area contributed by atoms with Gasteiger partial charge in [0.25, 0.3) is 0 Å². The molecule has 0 amide bonds. The van der Waals surface area contributed by atoms with Crippen LogP contribution in [0, 0.1) is 0 Å². The summed E-state index contributed by atoms with van der Waals surface area (Å²) >= 11 is 0. The monoisotopic (exact) mass is 270 g/mol. The van der Waals surface area contributed by atoms with E-state index in [1.54, 1.807) is 6.07 Å². The Kier molecular flexibility index (Phi) is 3.00. The molecule has 0 aliphatic carbocycles. The van der Waals surface area contributed by atoms with Crippen molar-refractivity contribution < 1.29 is 14.4 Å². The van der Waals surface area contributed by atoms with Crippen molar-refractivity contribution in [2.45, 2.75) is 6.54 Å². The van der Waals surface area contributed by atoms with Gasteiger partial charge < -0.3 is 14.9 Å². The highest BCUT2D eigenvalue weighted by Crippen LogP contribution is 2.20. The van der Waals surface area contributed by atoms with Gasteiger partial charge in [-0.25, -0.2) is 9.78 Å². The van der Waals surface area contributed by atoms with E-state index in [1.165, 1.54) is 6.39 Å². The summed E-state index contributed by atoms with van der Waals surface area (Å²) in [6, 6.07) is 8.91. The number of aromatic nitrogens is 3. The number of carbonyl (C=O) groups is 1. The number of pyridine rings is 1. The zero-order valence-corrected chi connectivity index (χ0v) is 10.3. The van der Waals surface area contributed by atoms with Crippen LogP contribution in [0.25, 0.3) is 10.9 Å². The molecule has 0 unspecified atom stereocenters. The SMILES string of the molecule is O=C(O)c1cc2ccccc2nc1NCc1ncon1. The molecule has 0 atom stereocenters. The minimum Gasteiger partial charge on any atom is -0.478 e. The number of anilines is 1. The molecule has 0 aliphatic heterocycles. The molecule has 20 heavy (non-hydrogen) atoms. The van der Waals surface area contributed by atoms with Gasteiger partial charge in [0, 0.05) is 5.39 Å². The van der Waals surface area contributed by atoms with Gasteiger partial charge in [-0.05, 0) is 12.1 Å². The number of nitrogens with one attached hydrogen (secondary N) is 1. The minimum absolute atomic E-state index is 0.104. The average molecular weight is 270 g/mol. The van der Waals surface area contributed by atoms with Crippen molar-refractivity contribution in [3.8, 4) is 0 Å². The zero-order chi connectivity index (χ0) is 13.9. The molecule has 0 spiro atoms. The molecule has 0 saturated heterocycles. The summed E-state index contributed by atoms with van der Waals surface area (Å²) in [5.74, 6) is -0.337. The molecule has 0 aliphatic rings. The molecule has 3 rings (SSSR count). The fourth-order valence-corrected chi connectivity index (χ4v) is 1.85. The van der Waals surface area contributed by atoms with Crippen LogP contribution in [-0.4, -0.2) is 26.2 Å². The molecule has 100 valence electrons. The largest absolute Gasteiger partial charge is 0.478 e. The number of hydrogen-bond acceptors (Lipinski definition) is 6. The third-order valence-corrected chi connectivity index (χ3v) is 2.78. The van der Waals surface area contributed by atoms with Gasteiger partial charge in [0.05, 0.1) is 12.1 Å². The number of hydrogen-bond donors (Lipinski definition) is 2. The molecule has 2 heterocycles. The third kappa shape index (κ3) is 2.28. The van der Waals surface area contributed by atoms with Crippen molar-refractivity contribution >= 4 is 22.7 Å². The Morgan fingerprint density at radius 1 is 1.35 bits per heavy atom. The number of nitrogens with zero attached hydrogens (tertiary/aromatic N) is 3. The second-order valence-corrected chi connectivity index (χ2v) is 4.08. The maximum absolute atomic E-state index is 11.3. The number of benzene rings is 1. The van der Waals surface area contributed by atoms with E-state index in [9.17, 15) is 9.90 Å². The van der Waals surface area contributed by atoms with Gasteiger partial charge in [-0.2, -0.15) is 4.98 Å². The number of fused-ring (bicyclic) bond motifs is 1. The highest BCUT2D eigenvalue weighted by molar-refractivity contribution is 5.98. The molecule has 2 aromatic heterocycles. The molecule has 0 fully saturated rings. The smallest absolute Gasteiger partial charge is 0.339 e. The Morgan fingerprint density at radius 3 is 2.95 bits per heavy atom. The van der Waals surface area contributed by atoms with Crippen molar-refractivity contribution in [3.05, 3.63) is 48.1 Å². The van der Waals surface area contributed by atoms with E-state index in [4.69, 9.17) is 0 Å². The molecule has 7 nitrogen and oxygen atoms in total. The second kappa shape index (κ2) is 4.96. The van der Waals surface area contributed by atoms with Gasteiger partial charge in [-0.15, -0.1) is 0 Å². The van der Waals surface area contributed by atoms with Crippen molar-refractivity contribution in [1.29, 1.82) is 0 Å². The third-order valence-electron chi connectivity index (χ3n) is 2.78. The van der Waals surface area contributed by atoms with E-state index in [1.807, 2.05) is 24.3 Å². The Hall–Kier alpha value is -2.96. The first-order chi connectivity index (χ1) is 9.74. The van der Waals surface area contributed by atoms with E-state index < -0.39 is 5.97 Å². The van der Waals surface area contributed by atoms with Gasteiger partial charge in [-0.3, -0.25) is 0 Å². The van der Waals surface area contributed by atoms with Crippen molar-refractivity contribution in [2.75, 3.05) is 5.32 Å². The van der Waals surface area contributed by atoms with Gasteiger partial charge in [0.2, 0.25) is 6.39 Å². The van der Waals surface area contributed by atoms with Crippen LogP contribution in [0.1, 0.15) is 16.2 Å². The minimum atomic E-state index is -1.04. The molecular formula is C13H10N4O3. The van der Waals surface area contributed by atoms with Crippen molar-refractivity contribution in [2.24, 2.45) is 0 Å². The first-order valence-electron chi connectivity index (χ1n) is 5.86. The molecule has 0 bridgehead atoms. The quantitative estimate of drug-likeness (QED) is 0.746. The average Bonchev–Trinajstić information content (AvgIpc) is 2.97. The van der Waals surface area contributed by atoms with Crippen LogP contribution in [0.3, 0.4) is 0 Å². The number of para-hydroxylation sites is 1. The summed E-state index contributed by atoms with van der Waals surface area (Å²) in [5, 5.41) is 16.6. The Labute approximate surface area is 113 Å². The lowest BCUT2D eigenvalue weighted by molar-refractivity contribution is 0.0697. The molecule has 0 saturated carbocycles. The van der Waals surface area contributed by atoms with Crippen LogP contribution in [-0.2, 0) is 6.54 Å². The summed E-state index contributed by atoms with van der Waals surface area (Å²) < 4.78 is 4.61. The number of carboxylic acid groups (broad SMARTS) is 1. The van der Waals surface area contributed by atoms with E-state index in [0.717, 1.165) is 5.39 Å². The number of rotatable bonds is 4. The lowest BCUT2D eigenvalue weighted by atomic mass is 10.1. The number of carboxylic acids is 1. The molecule has 7 heteroatoms. The first-order valence-corrected chi connectivity index (χ1v) is 5.86. The second-order valence-electron chi connectivity index (χ2n) is 4.08. The standard InChI is InChI=1S/C13H10N4O3/c18-13(19)9-5-8-3-1-2-4-10(8)16-12(9)14-6-11-15-7-20-17-11/h1-5,7H,6H2,(H,14,16)(H,18,19). The normalized spacial score (nSPS) is 10.6. The summed E-state index contributed by atoms with van der Waals surface area (Å²) in [7, 11) is 0. The van der Waals surface area contributed by atoms with Crippen molar-refractivity contribution in [1.82, 2.24) is 15.1 Å². The van der Waals surface area contributed by atoms with E-state index in [2.05, 4.69) is 25.0 Å². The summed E-state index contributed by atoms with van der Waals surface area (Å²) in [5.41, 5.74) is 0.820. The predicted molar refractivity (Wildman–Crippen MR) is 70.3 cm³/mol. The van der Waals surface area contributed by atoms with Crippen LogP contribution >= 0.6 is 0 Å². The van der Waals surface area contributed by atoms with Crippen molar-refractivity contribution in [3.63, 3.8) is 0 Å². The summed E-state index contributed by atoms with van der Waals surface area (Å²) in [6.45, 7) is 0.238. The van der Waals surface area contributed by atoms with Crippen LogP contribution in [0.4, 0.5) is 5.82 Å². The highest BCUT2D eigenvalue weighted by Gasteiger charge is 2.13. The van der Waals surface area contributed by atoms with Crippen LogP contribution in [0.15, 0.2) is 41.2 Å². The van der Waals surface area contributed by atoms with Gasteiger partial charge in [0.15, 0.2) is 5.82 Å². The lowest BCUT2D eigenvalue weighted by Crippen LogP contribution is -2.09. The van der Waals surface area contributed by atoms with E-state index in [-0.39, 0.29) is 17.9 Å². The predicted octanol–water partition coefficient (Wildman–Crippen LogP) is 1.93. The van der Waals surface area contributed by atoms with Gasteiger partial charge in [-0.1, -0.05) is 23.4 Å². The summed E-state index contributed by atoms with van der Waals surface area (Å²) in [4.78, 5) is 19.5. The topological polar surface area (TPSA) is 101 Å². The highest BCUT2D eigenvalue weighted by atomic mass is 16.5. The number of aromatic carboxylic acids is 1. The van der Waals surface area contributed by atoms with Gasteiger partial charge >= 0.3 is 5.97 Å². The summed E-state index contributed by atoms with van der Waals surface area (Å²) in [6.07, 6.45) is 1.21. The Bertz CT molecular complexity index is 755. The molecule has 0 radical (unpaired) electrons. The van der Waals surface area contributed by atoms with Crippen LogP contribution in [0.5, 0.6) is 0 Å². The maximum atomic E-state index is 11.3. The maximum Gasteiger partial charge on any atom is 0.339 e. The van der Waals surface area contributed by atoms with E-state index >= 15 is 0 Å². The zero-order valence-electron chi connectivity index (χ0n) is 10.3.